The normalized spacial score (nSPS) is 17.4. The molecule has 0 saturated carbocycles. The van der Waals surface area contributed by atoms with E-state index in [0.29, 0.717) is 12.2 Å². The molecule has 1 aliphatic rings. The van der Waals surface area contributed by atoms with Gasteiger partial charge in [0.25, 0.3) is 0 Å². The fraction of sp³-hybridized carbons (Fsp3) is 0.250. The van der Waals surface area contributed by atoms with E-state index in [-0.39, 0.29) is 24.4 Å². The summed E-state index contributed by atoms with van der Waals surface area (Å²) in [5, 5.41) is 13.8. The van der Waals surface area contributed by atoms with Crippen LogP contribution in [-0.4, -0.2) is 33.7 Å². The van der Waals surface area contributed by atoms with Crippen LogP contribution in [0.5, 0.6) is 0 Å². The lowest BCUT2D eigenvalue weighted by molar-refractivity contribution is -0.122. The lowest BCUT2D eigenvalue weighted by Crippen LogP contribution is -2.40. The summed E-state index contributed by atoms with van der Waals surface area (Å²) < 4.78 is 0. The maximum absolute atomic E-state index is 11.8. The number of fused-ring (bicyclic) bond motifs is 1. The van der Waals surface area contributed by atoms with Gasteiger partial charge < -0.3 is 5.32 Å². The lowest BCUT2D eigenvalue weighted by atomic mass is 10.2. The number of hydrogen-bond acceptors (Lipinski definition) is 4. The van der Waals surface area contributed by atoms with E-state index in [2.05, 4.69) is 25.8 Å². The van der Waals surface area contributed by atoms with E-state index in [1.54, 1.807) is 6.20 Å². The number of nitrogens with one attached hydrogen (secondary N) is 3. The van der Waals surface area contributed by atoms with Crippen LogP contribution in [0.2, 0.25) is 0 Å². The molecule has 0 fully saturated rings. The molecule has 2 aromatic heterocycles. The monoisotopic (exact) mass is 279 g/mol. The summed E-state index contributed by atoms with van der Waals surface area (Å²) >= 11 is 0. The first-order valence-electron chi connectivity index (χ1n) is 5.80. The number of carbonyl (C=O) groups excluding carboxylic acids is 1. The van der Waals surface area contributed by atoms with Crippen molar-refractivity contribution in [1.82, 2.24) is 25.8 Å². The summed E-state index contributed by atoms with van der Waals surface area (Å²) in [6.45, 7) is 1.17. The van der Waals surface area contributed by atoms with Gasteiger partial charge >= 0.3 is 0 Å². The minimum absolute atomic E-state index is 0. The lowest BCUT2D eigenvalue weighted by Gasteiger charge is -2.09. The highest BCUT2D eigenvalue weighted by atomic mass is 35.5. The van der Waals surface area contributed by atoms with Gasteiger partial charge in [0.05, 0.1) is 12.2 Å². The Balaban J connectivity index is 0.00000133. The van der Waals surface area contributed by atoms with Gasteiger partial charge in [0.15, 0.2) is 5.65 Å². The molecule has 2 aromatic rings. The second-order valence-electron chi connectivity index (χ2n) is 4.11. The van der Waals surface area contributed by atoms with Crippen molar-refractivity contribution in [3.8, 4) is 0 Å². The van der Waals surface area contributed by atoms with Gasteiger partial charge in [-0.05, 0) is 12.1 Å². The number of rotatable bonds is 3. The van der Waals surface area contributed by atoms with E-state index >= 15 is 0 Å². The van der Waals surface area contributed by atoms with Crippen LogP contribution in [0.4, 0.5) is 0 Å². The first-order chi connectivity index (χ1) is 8.84. The van der Waals surface area contributed by atoms with Crippen molar-refractivity contribution < 1.29 is 4.79 Å². The molecule has 3 N–H and O–H groups in total. The molecule has 0 spiro atoms. The van der Waals surface area contributed by atoms with E-state index in [0.717, 1.165) is 17.6 Å². The molecule has 3 rings (SSSR count). The van der Waals surface area contributed by atoms with E-state index in [4.69, 9.17) is 0 Å². The van der Waals surface area contributed by atoms with Crippen molar-refractivity contribution >= 4 is 29.3 Å². The minimum atomic E-state index is -0.225. The van der Waals surface area contributed by atoms with Crippen LogP contribution in [0.3, 0.4) is 0 Å². The molecule has 0 saturated heterocycles. The molecule has 1 atom stereocenters. The van der Waals surface area contributed by atoms with Gasteiger partial charge in [0.1, 0.15) is 6.04 Å². The summed E-state index contributed by atoms with van der Waals surface area (Å²) in [6, 6.07) is 3.56. The molecule has 0 radical (unpaired) electrons. The molecule has 1 unspecified atom stereocenters. The Labute approximate surface area is 116 Å². The van der Waals surface area contributed by atoms with E-state index < -0.39 is 0 Å². The predicted molar refractivity (Wildman–Crippen MR) is 73.9 cm³/mol. The van der Waals surface area contributed by atoms with E-state index in [1.165, 1.54) is 0 Å². The highest BCUT2D eigenvalue weighted by Gasteiger charge is 2.17. The minimum Gasteiger partial charge on any atom is -0.349 e. The summed E-state index contributed by atoms with van der Waals surface area (Å²) in [4.78, 5) is 15.9. The van der Waals surface area contributed by atoms with Crippen molar-refractivity contribution in [2.24, 2.45) is 0 Å². The number of aromatic amines is 1. The molecule has 7 heteroatoms. The molecule has 100 valence electrons. The van der Waals surface area contributed by atoms with Gasteiger partial charge in [-0.25, -0.2) is 4.98 Å². The van der Waals surface area contributed by atoms with Crippen molar-refractivity contribution in [2.75, 3.05) is 6.54 Å². The first-order valence-corrected chi connectivity index (χ1v) is 5.80. The number of nitrogens with zero attached hydrogens (tertiary/aromatic N) is 2. The molecular formula is C12H14ClN5O. The Morgan fingerprint density at radius 2 is 2.42 bits per heavy atom. The van der Waals surface area contributed by atoms with Crippen LogP contribution in [0.15, 0.2) is 30.5 Å². The molecule has 0 bridgehead atoms. The van der Waals surface area contributed by atoms with Crippen LogP contribution in [0.25, 0.3) is 11.0 Å². The number of amides is 1. The number of halogens is 1. The Hall–Kier alpha value is -1.92. The summed E-state index contributed by atoms with van der Waals surface area (Å²) in [5.41, 5.74) is 1.54. The average molecular weight is 280 g/mol. The predicted octanol–water partition coefficient (Wildman–Crippen LogP) is 0.524. The Bertz CT molecular complexity index is 609. The third kappa shape index (κ3) is 2.74. The van der Waals surface area contributed by atoms with Crippen molar-refractivity contribution in [3.05, 3.63) is 36.2 Å². The zero-order valence-electron chi connectivity index (χ0n) is 10.1. The summed E-state index contributed by atoms with van der Waals surface area (Å²) in [6.07, 6.45) is 5.50. The first kappa shape index (κ1) is 13.5. The van der Waals surface area contributed by atoms with Crippen LogP contribution in [0, 0.1) is 0 Å². The SMILES string of the molecule is Cl.O=C(NCc1[nH]nc2ncccc12)C1C=CCN1. The Morgan fingerprint density at radius 3 is 3.21 bits per heavy atom. The zero-order chi connectivity index (χ0) is 12.4. The highest BCUT2D eigenvalue weighted by molar-refractivity contribution is 5.85. The number of aromatic nitrogens is 3. The summed E-state index contributed by atoms with van der Waals surface area (Å²) in [5.74, 6) is -0.0320. The van der Waals surface area contributed by atoms with Crippen LogP contribution in [0.1, 0.15) is 5.69 Å². The average Bonchev–Trinajstić information content (AvgIpc) is 3.06. The highest BCUT2D eigenvalue weighted by Crippen LogP contribution is 2.12. The van der Waals surface area contributed by atoms with Crippen molar-refractivity contribution in [1.29, 1.82) is 0 Å². The third-order valence-electron chi connectivity index (χ3n) is 2.91. The largest absolute Gasteiger partial charge is 0.349 e. The smallest absolute Gasteiger partial charge is 0.241 e. The zero-order valence-corrected chi connectivity index (χ0v) is 10.9. The molecule has 0 aliphatic carbocycles. The molecular weight excluding hydrogens is 266 g/mol. The molecule has 0 aromatic carbocycles. The number of hydrogen-bond donors (Lipinski definition) is 3. The maximum Gasteiger partial charge on any atom is 0.241 e. The van der Waals surface area contributed by atoms with Crippen molar-refractivity contribution in [3.63, 3.8) is 0 Å². The second kappa shape index (κ2) is 5.81. The van der Waals surface area contributed by atoms with Gasteiger partial charge in [-0.2, -0.15) is 5.10 Å². The molecule has 6 nitrogen and oxygen atoms in total. The Kier molecular flexibility index (Phi) is 4.13. The van der Waals surface area contributed by atoms with Gasteiger partial charge in [-0.15, -0.1) is 12.4 Å². The second-order valence-corrected chi connectivity index (χ2v) is 4.11. The van der Waals surface area contributed by atoms with Gasteiger partial charge in [-0.3, -0.25) is 15.2 Å². The fourth-order valence-corrected chi connectivity index (χ4v) is 1.97. The summed E-state index contributed by atoms with van der Waals surface area (Å²) in [7, 11) is 0. The third-order valence-corrected chi connectivity index (χ3v) is 2.91. The molecule has 19 heavy (non-hydrogen) atoms. The Morgan fingerprint density at radius 1 is 1.53 bits per heavy atom. The van der Waals surface area contributed by atoms with Gasteiger partial charge in [0, 0.05) is 18.1 Å². The molecule has 3 heterocycles. The fourth-order valence-electron chi connectivity index (χ4n) is 1.97. The van der Waals surface area contributed by atoms with Gasteiger partial charge in [0.2, 0.25) is 5.91 Å². The number of pyridine rings is 1. The van der Waals surface area contributed by atoms with Crippen LogP contribution < -0.4 is 10.6 Å². The maximum atomic E-state index is 11.8. The quantitative estimate of drug-likeness (QED) is 0.716. The van der Waals surface area contributed by atoms with Gasteiger partial charge in [-0.1, -0.05) is 12.2 Å². The molecule has 1 aliphatic heterocycles. The van der Waals surface area contributed by atoms with E-state index in [1.807, 2.05) is 24.3 Å². The molecule has 1 amide bonds. The number of carbonyl (C=O) groups is 1. The standard InChI is InChI=1S/C12H13N5O.ClH/c18-12(9-4-2-5-13-9)15-7-10-8-3-1-6-14-11(8)17-16-10;/h1-4,6,9,13H,5,7H2,(H,15,18)(H,14,16,17);1H. The number of H-pyrrole nitrogens is 1. The van der Waals surface area contributed by atoms with Crippen LogP contribution in [-0.2, 0) is 11.3 Å². The topological polar surface area (TPSA) is 82.7 Å². The van der Waals surface area contributed by atoms with Crippen LogP contribution >= 0.6 is 12.4 Å². The van der Waals surface area contributed by atoms with Crippen molar-refractivity contribution in [2.45, 2.75) is 12.6 Å². The van der Waals surface area contributed by atoms with E-state index in [9.17, 15) is 4.79 Å².